The predicted molar refractivity (Wildman–Crippen MR) is 114 cm³/mol. The number of hydrogen-bond acceptors (Lipinski definition) is 4. The maximum Gasteiger partial charge on any atom is 0.290 e. The van der Waals surface area contributed by atoms with Crippen LogP contribution in [0.2, 0.25) is 0 Å². The molecule has 158 valence electrons. The Morgan fingerprint density at radius 2 is 1.70 bits per heavy atom. The molecule has 2 amide bonds. The lowest BCUT2D eigenvalue weighted by molar-refractivity contribution is -0.133. The van der Waals surface area contributed by atoms with Gasteiger partial charge in [0.25, 0.3) is 5.91 Å². The van der Waals surface area contributed by atoms with Crippen LogP contribution >= 0.6 is 0 Å². The van der Waals surface area contributed by atoms with E-state index in [1.807, 2.05) is 50.2 Å². The first-order valence-corrected chi connectivity index (χ1v) is 10.3. The van der Waals surface area contributed by atoms with Crippen LogP contribution in [0.3, 0.4) is 0 Å². The van der Waals surface area contributed by atoms with Crippen LogP contribution in [0.25, 0.3) is 0 Å². The quantitative estimate of drug-likeness (QED) is 0.499. The van der Waals surface area contributed by atoms with Crippen molar-refractivity contribution in [3.05, 3.63) is 84.2 Å². The molecule has 3 aromatic rings. The summed E-state index contributed by atoms with van der Waals surface area (Å²) in [6, 6.07) is 16.9. The summed E-state index contributed by atoms with van der Waals surface area (Å²) in [4.78, 5) is 29.5. The van der Waals surface area contributed by atoms with E-state index in [2.05, 4.69) is 0 Å². The van der Waals surface area contributed by atoms with Crippen LogP contribution < -0.4 is 0 Å². The third-order valence-electron chi connectivity index (χ3n) is 5.21. The average Bonchev–Trinajstić information content (AvgIpc) is 3.49. The van der Waals surface area contributed by atoms with Gasteiger partial charge < -0.3 is 18.6 Å². The lowest BCUT2D eigenvalue weighted by Crippen LogP contribution is -2.46. The van der Waals surface area contributed by atoms with E-state index in [1.165, 1.54) is 6.26 Å². The zero-order valence-electron chi connectivity index (χ0n) is 17.5. The monoisotopic (exact) mass is 408 g/mol. The Morgan fingerprint density at radius 1 is 0.967 bits per heavy atom. The number of nitrogens with zero attached hydrogens (tertiary/aromatic N) is 2. The highest BCUT2D eigenvalue weighted by molar-refractivity contribution is 5.94. The number of benzene rings is 1. The Balaban J connectivity index is 1.74. The molecular formula is C24H28N2O4. The minimum Gasteiger partial charge on any atom is -0.467 e. The van der Waals surface area contributed by atoms with E-state index in [-0.39, 0.29) is 30.2 Å². The zero-order chi connectivity index (χ0) is 21.3. The second kappa shape index (κ2) is 10.5. The Kier molecular flexibility index (Phi) is 7.49. The van der Waals surface area contributed by atoms with Gasteiger partial charge in [0, 0.05) is 12.6 Å². The first kappa shape index (κ1) is 21.4. The van der Waals surface area contributed by atoms with Gasteiger partial charge in [0.05, 0.1) is 19.1 Å². The van der Waals surface area contributed by atoms with Gasteiger partial charge in [-0.15, -0.1) is 0 Å². The first-order chi connectivity index (χ1) is 14.6. The van der Waals surface area contributed by atoms with Gasteiger partial charge >= 0.3 is 0 Å². The highest BCUT2D eigenvalue weighted by Gasteiger charge is 2.27. The molecule has 0 spiro atoms. The summed E-state index contributed by atoms with van der Waals surface area (Å²) in [5, 5.41) is 0. The fourth-order valence-corrected chi connectivity index (χ4v) is 3.23. The molecule has 0 aliphatic heterocycles. The van der Waals surface area contributed by atoms with Gasteiger partial charge in [0.15, 0.2) is 5.76 Å². The number of carbonyl (C=O) groups is 2. The van der Waals surface area contributed by atoms with Gasteiger partial charge in [-0.3, -0.25) is 9.59 Å². The normalized spacial score (nSPS) is 11.8. The molecule has 0 aliphatic carbocycles. The first-order valence-electron chi connectivity index (χ1n) is 10.3. The molecule has 0 N–H and O–H groups in total. The van der Waals surface area contributed by atoms with Crippen LogP contribution in [0, 0.1) is 0 Å². The summed E-state index contributed by atoms with van der Waals surface area (Å²) in [6.45, 7) is 4.82. The molecule has 0 radical (unpaired) electrons. The van der Waals surface area contributed by atoms with E-state index >= 15 is 0 Å². The molecule has 0 aliphatic rings. The molecule has 30 heavy (non-hydrogen) atoms. The Bertz CT molecular complexity index is 904. The van der Waals surface area contributed by atoms with Crippen molar-refractivity contribution in [3.8, 4) is 0 Å². The summed E-state index contributed by atoms with van der Waals surface area (Å²) in [6.07, 6.45) is 4.53. The van der Waals surface area contributed by atoms with E-state index in [0.717, 1.165) is 18.4 Å². The molecule has 3 rings (SSSR count). The molecule has 0 unspecified atom stereocenters. The van der Waals surface area contributed by atoms with Gasteiger partial charge in [-0.2, -0.15) is 0 Å². The van der Waals surface area contributed by atoms with Crippen molar-refractivity contribution in [2.75, 3.05) is 13.1 Å². The smallest absolute Gasteiger partial charge is 0.290 e. The lowest BCUT2D eigenvalue weighted by atomic mass is 10.1. The number of hydrogen-bond donors (Lipinski definition) is 0. The molecule has 0 saturated carbocycles. The van der Waals surface area contributed by atoms with Crippen LogP contribution in [0.4, 0.5) is 0 Å². The third kappa shape index (κ3) is 5.63. The maximum atomic E-state index is 13.3. The van der Waals surface area contributed by atoms with Crippen molar-refractivity contribution < 1.29 is 18.4 Å². The van der Waals surface area contributed by atoms with Gasteiger partial charge in [0.2, 0.25) is 5.91 Å². The van der Waals surface area contributed by atoms with Gasteiger partial charge in [-0.1, -0.05) is 37.3 Å². The summed E-state index contributed by atoms with van der Waals surface area (Å²) in [7, 11) is 0. The SMILES string of the molecule is CC[C@H](C)N(CC(=O)N(CCc1ccccc1)Cc1ccco1)C(=O)c1ccco1. The fourth-order valence-electron chi connectivity index (χ4n) is 3.23. The topological polar surface area (TPSA) is 66.9 Å². The van der Waals surface area contributed by atoms with Crippen LogP contribution in [0.15, 0.2) is 76.0 Å². The molecule has 2 heterocycles. The molecule has 0 saturated heterocycles. The van der Waals surface area contributed by atoms with Crippen molar-refractivity contribution in [2.45, 2.75) is 39.3 Å². The van der Waals surface area contributed by atoms with Crippen molar-refractivity contribution in [1.29, 1.82) is 0 Å². The van der Waals surface area contributed by atoms with E-state index < -0.39 is 0 Å². The summed E-state index contributed by atoms with van der Waals surface area (Å²) in [5.74, 6) is 0.556. The van der Waals surface area contributed by atoms with Crippen molar-refractivity contribution in [1.82, 2.24) is 9.80 Å². The van der Waals surface area contributed by atoms with Crippen LogP contribution in [0.5, 0.6) is 0 Å². The molecule has 2 aromatic heterocycles. The third-order valence-corrected chi connectivity index (χ3v) is 5.21. The van der Waals surface area contributed by atoms with E-state index in [4.69, 9.17) is 8.83 Å². The summed E-state index contributed by atoms with van der Waals surface area (Å²) < 4.78 is 10.7. The largest absolute Gasteiger partial charge is 0.467 e. The molecule has 6 heteroatoms. The Hall–Kier alpha value is -3.28. The van der Waals surface area contributed by atoms with Crippen LogP contribution in [0.1, 0.15) is 42.1 Å². The number of furan rings is 2. The maximum absolute atomic E-state index is 13.3. The predicted octanol–water partition coefficient (Wildman–Crippen LogP) is 4.38. The minimum atomic E-state index is -0.274. The van der Waals surface area contributed by atoms with E-state index in [0.29, 0.717) is 18.8 Å². The fraction of sp³-hybridized carbons (Fsp3) is 0.333. The molecule has 0 fully saturated rings. The summed E-state index contributed by atoms with van der Waals surface area (Å²) in [5.41, 5.74) is 1.15. The zero-order valence-corrected chi connectivity index (χ0v) is 17.5. The average molecular weight is 408 g/mol. The van der Waals surface area contributed by atoms with E-state index in [1.54, 1.807) is 34.3 Å². The lowest BCUT2D eigenvalue weighted by Gasteiger charge is -2.30. The van der Waals surface area contributed by atoms with E-state index in [9.17, 15) is 9.59 Å². The van der Waals surface area contributed by atoms with Crippen molar-refractivity contribution >= 4 is 11.8 Å². The van der Waals surface area contributed by atoms with Crippen molar-refractivity contribution in [3.63, 3.8) is 0 Å². The highest BCUT2D eigenvalue weighted by atomic mass is 16.3. The standard InChI is InChI=1S/C24H28N2O4/c1-3-19(2)26(24(28)22-12-8-16-30-22)18-23(27)25(17-21-11-7-15-29-21)14-13-20-9-5-4-6-10-20/h4-12,15-16,19H,3,13-14,17-18H2,1-2H3/t19-/m0/s1. The highest BCUT2D eigenvalue weighted by Crippen LogP contribution is 2.14. The number of amides is 2. The molecule has 1 aromatic carbocycles. The number of carbonyl (C=O) groups excluding carboxylic acids is 2. The molecule has 0 bridgehead atoms. The van der Waals surface area contributed by atoms with Gasteiger partial charge in [0.1, 0.15) is 12.3 Å². The molecule has 6 nitrogen and oxygen atoms in total. The summed E-state index contributed by atoms with van der Waals surface area (Å²) >= 11 is 0. The minimum absolute atomic E-state index is 0.00988. The van der Waals surface area contributed by atoms with Gasteiger partial charge in [-0.05, 0) is 49.6 Å². The second-order valence-electron chi connectivity index (χ2n) is 7.30. The van der Waals surface area contributed by atoms with Crippen LogP contribution in [-0.2, 0) is 17.8 Å². The number of rotatable bonds is 10. The second-order valence-corrected chi connectivity index (χ2v) is 7.30. The Labute approximate surface area is 177 Å². The molecular weight excluding hydrogens is 380 g/mol. The Morgan fingerprint density at radius 3 is 2.33 bits per heavy atom. The van der Waals surface area contributed by atoms with Crippen molar-refractivity contribution in [2.24, 2.45) is 0 Å². The molecule has 1 atom stereocenters. The van der Waals surface area contributed by atoms with Crippen LogP contribution in [-0.4, -0.2) is 40.7 Å². The van der Waals surface area contributed by atoms with Gasteiger partial charge in [-0.25, -0.2) is 0 Å².